The summed E-state index contributed by atoms with van der Waals surface area (Å²) in [6.45, 7) is 1.09. The first-order valence-electron chi connectivity index (χ1n) is 10.9. The molecule has 0 unspecified atom stereocenters. The topological polar surface area (TPSA) is 119 Å². The van der Waals surface area contributed by atoms with E-state index in [9.17, 15) is 24.1 Å². The molecule has 1 aliphatic heterocycles. The summed E-state index contributed by atoms with van der Waals surface area (Å²) in [7, 11) is 0. The molecule has 1 saturated heterocycles. The lowest BCUT2D eigenvalue weighted by Gasteiger charge is -2.30. The predicted octanol–water partition coefficient (Wildman–Crippen LogP) is 5.21. The Bertz CT molecular complexity index is 1410. The second-order valence-electron chi connectivity index (χ2n) is 8.16. The third-order valence-corrected chi connectivity index (χ3v) is 6.93. The fraction of sp³-hybridized carbons (Fsp3) is 0.208. The molecule has 2 aromatic heterocycles. The number of hydrogen-bond acceptors (Lipinski definition) is 7. The van der Waals surface area contributed by atoms with Gasteiger partial charge in [-0.15, -0.1) is 11.3 Å². The van der Waals surface area contributed by atoms with Gasteiger partial charge >= 0.3 is 5.69 Å². The standard InChI is InChI=1S/C24H19FN4O5S/c25-17-6-5-16(12-19(17)29(32)33)26-22(30)18-13-35-23(27-18)14-7-9-28(10-8-14)24(31)21-11-15-3-1-2-4-20(15)34-21/h1-6,11-14H,7-10H2,(H,26,30). The molecule has 2 amide bonds. The second kappa shape index (κ2) is 9.26. The molecule has 0 spiro atoms. The number of anilines is 1. The Morgan fingerprint density at radius 2 is 1.94 bits per heavy atom. The van der Waals surface area contributed by atoms with E-state index in [1.165, 1.54) is 17.4 Å². The summed E-state index contributed by atoms with van der Waals surface area (Å²) < 4.78 is 19.2. The maximum absolute atomic E-state index is 13.5. The summed E-state index contributed by atoms with van der Waals surface area (Å²) in [5.74, 6) is -1.24. The number of nitrogens with one attached hydrogen (secondary N) is 1. The van der Waals surface area contributed by atoms with Crippen molar-refractivity contribution in [1.29, 1.82) is 0 Å². The summed E-state index contributed by atoms with van der Waals surface area (Å²) >= 11 is 1.35. The largest absolute Gasteiger partial charge is 0.451 e. The van der Waals surface area contributed by atoms with Gasteiger partial charge in [0.15, 0.2) is 5.76 Å². The van der Waals surface area contributed by atoms with Crippen LogP contribution in [-0.4, -0.2) is 39.7 Å². The number of fused-ring (bicyclic) bond motifs is 1. The summed E-state index contributed by atoms with van der Waals surface area (Å²) in [5, 5.41) is 16.7. The lowest BCUT2D eigenvalue weighted by Crippen LogP contribution is -2.37. The Labute approximate surface area is 202 Å². The molecule has 0 saturated carbocycles. The average molecular weight is 495 g/mol. The number of para-hydroxylation sites is 1. The molecule has 3 heterocycles. The van der Waals surface area contributed by atoms with Crippen LogP contribution in [0, 0.1) is 15.9 Å². The number of nitro groups is 1. The zero-order valence-electron chi connectivity index (χ0n) is 18.3. The Morgan fingerprint density at radius 1 is 1.17 bits per heavy atom. The zero-order valence-corrected chi connectivity index (χ0v) is 19.1. The Kier molecular flexibility index (Phi) is 6.00. The van der Waals surface area contributed by atoms with Gasteiger partial charge in [-0.2, -0.15) is 4.39 Å². The molecule has 1 aliphatic rings. The maximum Gasteiger partial charge on any atom is 0.306 e. The van der Waals surface area contributed by atoms with Crippen molar-refractivity contribution >= 4 is 45.5 Å². The van der Waals surface area contributed by atoms with Crippen LogP contribution in [0.1, 0.15) is 44.8 Å². The predicted molar refractivity (Wildman–Crippen MR) is 127 cm³/mol. The fourth-order valence-corrected chi connectivity index (χ4v) is 5.05. The number of piperidine rings is 1. The molecule has 0 atom stereocenters. The molecule has 0 bridgehead atoms. The Morgan fingerprint density at radius 3 is 2.69 bits per heavy atom. The molecule has 9 nitrogen and oxygen atoms in total. The van der Waals surface area contributed by atoms with Gasteiger partial charge < -0.3 is 14.6 Å². The van der Waals surface area contributed by atoms with E-state index in [0.29, 0.717) is 37.3 Å². The van der Waals surface area contributed by atoms with Crippen LogP contribution in [0.2, 0.25) is 0 Å². The van der Waals surface area contributed by atoms with Crippen molar-refractivity contribution in [3.05, 3.63) is 86.3 Å². The molecule has 1 fully saturated rings. The minimum absolute atomic E-state index is 0.105. The van der Waals surface area contributed by atoms with E-state index in [1.807, 2.05) is 24.3 Å². The molecule has 4 aromatic rings. The number of carbonyl (C=O) groups excluding carboxylic acids is 2. The number of benzene rings is 2. The SMILES string of the molecule is O=C(Nc1ccc(F)c([N+](=O)[O-])c1)c1csc(C2CCN(C(=O)c3cc4ccccc4o3)CC2)n1. The monoisotopic (exact) mass is 494 g/mol. The van der Waals surface area contributed by atoms with E-state index >= 15 is 0 Å². The maximum atomic E-state index is 13.5. The van der Waals surface area contributed by atoms with Gasteiger partial charge in [0.1, 0.15) is 11.3 Å². The zero-order chi connectivity index (χ0) is 24.5. The van der Waals surface area contributed by atoms with Crippen LogP contribution in [0.4, 0.5) is 15.8 Å². The smallest absolute Gasteiger partial charge is 0.306 e. The highest BCUT2D eigenvalue weighted by atomic mass is 32.1. The van der Waals surface area contributed by atoms with E-state index in [0.717, 1.165) is 22.5 Å². The van der Waals surface area contributed by atoms with Crippen molar-refractivity contribution in [3.63, 3.8) is 0 Å². The number of aromatic nitrogens is 1. The molecular weight excluding hydrogens is 475 g/mol. The normalized spacial score (nSPS) is 14.3. The van der Waals surface area contributed by atoms with Crippen LogP contribution >= 0.6 is 11.3 Å². The number of rotatable bonds is 5. The molecule has 1 N–H and O–H groups in total. The number of halogens is 1. The number of thiazole rings is 1. The molecular formula is C24H19FN4O5S. The fourth-order valence-electron chi connectivity index (χ4n) is 4.08. The van der Waals surface area contributed by atoms with E-state index in [1.54, 1.807) is 16.3 Å². The van der Waals surface area contributed by atoms with Crippen LogP contribution < -0.4 is 5.32 Å². The van der Waals surface area contributed by atoms with E-state index in [2.05, 4.69) is 10.3 Å². The van der Waals surface area contributed by atoms with Crippen LogP contribution in [0.15, 0.2) is 58.3 Å². The number of nitro benzene ring substituents is 1. The molecule has 0 aliphatic carbocycles. The van der Waals surface area contributed by atoms with Gasteiger partial charge in [-0.05, 0) is 37.1 Å². The van der Waals surface area contributed by atoms with Gasteiger partial charge in [-0.1, -0.05) is 18.2 Å². The van der Waals surface area contributed by atoms with E-state index in [-0.39, 0.29) is 23.2 Å². The van der Waals surface area contributed by atoms with Crippen LogP contribution in [0.25, 0.3) is 11.0 Å². The van der Waals surface area contributed by atoms with Crippen molar-refractivity contribution in [3.8, 4) is 0 Å². The average Bonchev–Trinajstić information content (AvgIpc) is 3.52. The number of furan rings is 1. The van der Waals surface area contributed by atoms with Crippen molar-refractivity contribution in [2.75, 3.05) is 18.4 Å². The minimum atomic E-state index is -0.978. The molecule has 2 aromatic carbocycles. The number of carbonyl (C=O) groups is 2. The first-order chi connectivity index (χ1) is 16.9. The third kappa shape index (κ3) is 4.62. The molecule has 5 rings (SSSR count). The summed E-state index contributed by atoms with van der Waals surface area (Å²) in [4.78, 5) is 41.7. The third-order valence-electron chi connectivity index (χ3n) is 5.92. The molecule has 178 valence electrons. The Balaban J connectivity index is 1.20. The first-order valence-corrected chi connectivity index (χ1v) is 11.8. The number of hydrogen-bond donors (Lipinski definition) is 1. The minimum Gasteiger partial charge on any atom is -0.451 e. The molecule has 0 radical (unpaired) electrons. The van der Waals surface area contributed by atoms with Crippen LogP contribution in [0.3, 0.4) is 0 Å². The van der Waals surface area contributed by atoms with Gasteiger partial charge in [-0.3, -0.25) is 19.7 Å². The summed E-state index contributed by atoms with van der Waals surface area (Å²) in [5.41, 5.74) is 0.244. The van der Waals surface area contributed by atoms with Crippen molar-refractivity contribution in [2.24, 2.45) is 0 Å². The number of likely N-dealkylation sites (tertiary alicyclic amines) is 1. The Hall–Kier alpha value is -4.12. The van der Waals surface area contributed by atoms with Crippen molar-refractivity contribution < 1.29 is 23.3 Å². The molecule has 35 heavy (non-hydrogen) atoms. The highest BCUT2D eigenvalue weighted by Crippen LogP contribution is 2.32. The van der Waals surface area contributed by atoms with Crippen molar-refractivity contribution in [2.45, 2.75) is 18.8 Å². The van der Waals surface area contributed by atoms with Gasteiger partial charge in [0.05, 0.1) is 9.93 Å². The first kappa shape index (κ1) is 22.7. The summed E-state index contributed by atoms with van der Waals surface area (Å²) in [6.07, 6.45) is 1.40. The van der Waals surface area contributed by atoms with Crippen LogP contribution in [-0.2, 0) is 0 Å². The molecule has 11 heteroatoms. The van der Waals surface area contributed by atoms with E-state index < -0.39 is 22.3 Å². The van der Waals surface area contributed by atoms with Crippen molar-refractivity contribution in [1.82, 2.24) is 9.88 Å². The van der Waals surface area contributed by atoms with Gasteiger partial charge in [-0.25, -0.2) is 4.98 Å². The van der Waals surface area contributed by atoms with Crippen LogP contribution in [0.5, 0.6) is 0 Å². The quantitative estimate of drug-likeness (QED) is 0.301. The second-order valence-corrected chi connectivity index (χ2v) is 9.05. The van der Waals surface area contributed by atoms with Gasteiger partial charge in [0, 0.05) is 41.5 Å². The summed E-state index contributed by atoms with van der Waals surface area (Å²) in [6, 6.07) is 12.4. The highest BCUT2D eigenvalue weighted by molar-refractivity contribution is 7.10. The lowest BCUT2D eigenvalue weighted by molar-refractivity contribution is -0.387. The lowest BCUT2D eigenvalue weighted by atomic mass is 9.97. The highest BCUT2D eigenvalue weighted by Gasteiger charge is 2.28. The van der Waals surface area contributed by atoms with Gasteiger partial charge in [0.2, 0.25) is 5.82 Å². The van der Waals surface area contributed by atoms with Gasteiger partial charge in [0.25, 0.3) is 11.8 Å². The number of nitrogens with zero attached hydrogens (tertiary/aromatic N) is 3. The van der Waals surface area contributed by atoms with E-state index in [4.69, 9.17) is 4.42 Å². The number of amides is 2.